The largest absolute Gasteiger partial charge is 0.482 e. The minimum atomic E-state index is -0.344. The van der Waals surface area contributed by atoms with Crippen molar-refractivity contribution in [2.75, 3.05) is 25.0 Å². The number of anilines is 1. The van der Waals surface area contributed by atoms with Crippen LogP contribution in [0.1, 0.15) is 24.2 Å². The quantitative estimate of drug-likeness (QED) is 0.752. The molecule has 0 heterocycles. The van der Waals surface area contributed by atoms with E-state index in [1.165, 1.54) is 0 Å². The van der Waals surface area contributed by atoms with Gasteiger partial charge < -0.3 is 15.0 Å². The third-order valence-corrected chi connectivity index (χ3v) is 4.54. The lowest BCUT2D eigenvalue weighted by molar-refractivity contribution is -0.118. The van der Waals surface area contributed by atoms with Gasteiger partial charge in [-0.05, 0) is 50.2 Å². The highest BCUT2D eigenvalue weighted by molar-refractivity contribution is 6.42. The molecule has 2 aromatic rings. The predicted molar refractivity (Wildman–Crippen MR) is 104 cm³/mol. The normalized spacial score (nSPS) is 10.3. The highest BCUT2D eigenvalue weighted by Gasteiger charge is 2.13. The fourth-order valence-electron chi connectivity index (χ4n) is 2.33. The van der Waals surface area contributed by atoms with Crippen molar-refractivity contribution < 1.29 is 14.3 Å². The van der Waals surface area contributed by atoms with Gasteiger partial charge in [-0.25, -0.2) is 0 Å². The maximum Gasteiger partial charge on any atom is 0.262 e. The first-order valence-electron chi connectivity index (χ1n) is 8.22. The fraction of sp³-hybridized carbons (Fsp3) is 0.263. The van der Waals surface area contributed by atoms with Gasteiger partial charge in [0, 0.05) is 24.3 Å². The molecule has 0 aromatic heterocycles. The summed E-state index contributed by atoms with van der Waals surface area (Å²) in [6.45, 7) is 4.96. The van der Waals surface area contributed by atoms with Gasteiger partial charge in [0.15, 0.2) is 6.61 Å². The smallest absolute Gasteiger partial charge is 0.262 e. The Labute approximate surface area is 162 Å². The van der Waals surface area contributed by atoms with Crippen LogP contribution in [0.15, 0.2) is 42.5 Å². The molecule has 2 aromatic carbocycles. The molecule has 2 amide bonds. The van der Waals surface area contributed by atoms with Gasteiger partial charge in [-0.3, -0.25) is 9.59 Å². The highest BCUT2D eigenvalue weighted by atomic mass is 35.5. The monoisotopic (exact) mass is 394 g/mol. The van der Waals surface area contributed by atoms with Crippen molar-refractivity contribution in [1.29, 1.82) is 0 Å². The lowest BCUT2D eigenvalue weighted by Crippen LogP contribution is -2.30. The summed E-state index contributed by atoms with van der Waals surface area (Å²) in [4.78, 5) is 26.0. The molecule has 0 bridgehead atoms. The zero-order valence-electron chi connectivity index (χ0n) is 14.6. The third-order valence-electron chi connectivity index (χ3n) is 3.74. The first kappa shape index (κ1) is 20.1. The minimum absolute atomic E-state index is 0.0354. The van der Waals surface area contributed by atoms with Crippen LogP contribution in [0, 0.1) is 0 Å². The number of nitrogens with zero attached hydrogens (tertiary/aromatic N) is 1. The first-order valence-corrected chi connectivity index (χ1v) is 8.97. The maximum atomic E-state index is 12.3. The van der Waals surface area contributed by atoms with E-state index < -0.39 is 0 Å². The maximum absolute atomic E-state index is 12.3. The van der Waals surface area contributed by atoms with Crippen molar-refractivity contribution in [1.82, 2.24) is 4.90 Å². The van der Waals surface area contributed by atoms with Gasteiger partial charge in [0.05, 0.1) is 5.02 Å². The Morgan fingerprint density at radius 3 is 2.31 bits per heavy atom. The molecule has 0 aliphatic heterocycles. The van der Waals surface area contributed by atoms with Gasteiger partial charge >= 0.3 is 0 Å². The number of ether oxygens (including phenoxy) is 1. The molecule has 2 rings (SSSR count). The van der Waals surface area contributed by atoms with Crippen LogP contribution in [0.2, 0.25) is 10.0 Å². The molecule has 0 atom stereocenters. The van der Waals surface area contributed by atoms with Crippen molar-refractivity contribution >= 4 is 40.7 Å². The zero-order valence-corrected chi connectivity index (χ0v) is 16.1. The number of amides is 2. The molecule has 26 heavy (non-hydrogen) atoms. The summed E-state index contributed by atoms with van der Waals surface area (Å²) >= 11 is 11.9. The topological polar surface area (TPSA) is 58.6 Å². The molecule has 0 saturated heterocycles. The third kappa shape index (κ3) is 5.13. The molecular formula is C19H20Cl2N2O3. The first-order chi connectivity index (χ1) is 12.5. The van der Waals surface area contributed by atoms with Crippen molar-refractivity contribution in [3.63, 3.8) is 0 Å². The van der Waals surface area contributed by atoms with E-state index in [0.717, 1.165) is 0 Å². The van der Waals surface area contributed by atoms with Crippen LogP contribution in [0.4, 0.5) is 5.69 Å². The Morgan fingerprint density at radius 2 is 1.69 bits per heavy atom. The highest BCUT2D eigenvalue weighted by Crippen LogP contribution is 2.31. The number of halogens is 2. The summed E-state index contributed by atoms with van der Waals surface area (Å²) in [5.74, 6) is -0.0369. The summed E-state index contributed by atoms with van der Waals surface area (Å²) in [7, 11) is 0. The molecule has 138 valence electrons. The summed E-state index contributed by atoms with van der Waals surface area (Å²) in [6, 6.07) is 11.7. The number of hydrogen-bond acceptors (Lipinski definition) is 3. The van der Waals surface area contributed by atoms with Crippen LogP contribution in [0.25, 0.3) is 0 Å². The average Bonchev–Trinajstić information content (AvgIpc) is 2.64. The van der Waals surface area contributed by atoms with Gasteiger partial charge in [0.25, 0.3) is 11.8 Å². The summed E-state index contributed by atoms with van der Waals surface area (Å²) in [6.07, 6.45) is 0. The van der Waals surface area contributed by atoms with E-state index in [1.807, 2.05) is 13.8 Å². The van der Waals surface area contributed by atoms with Crippen LogP contribution >= 0.6 is 23.2 Å². The van der Waals surface area contributed by atoms with Crippen LogP contribution in [-0.4, -0.2) is 36.4 Å². The standard InChI is InChI=1S/C19H20Cl2N2O3/c1-3-23(4-2)19(25)13-8-10-14(11-9-13)22-17(24)12-26-16-7-5-6-15(20)18(16)21/h5-11H,3-4,12H2,1-2H3,(H,22,24). The molecule has 0 unspecified atom stereocenters. The fourth-order valence-corrected chi connectivity index (χ4v) is 2.67. The van der Waals surface area contributed by atoms with E-state index in [0.29, 0.717) is 35.1 Å². The molecule has 0 aliphatic rings. The molecule has 5 nitrogen and oxygen atoms in total. The molecule has 0 aliphatic carbocycles. The van der Waals surface area contributed by atoms with E-state index in [9.17, 15) is 9.59 Å². The SMILES string of the molecule is CCN(CC)C(=O)c1ccc(NC(=O)COc2cccc(Cl)c2Cl)cc1. The van der Waals surface area contributed by atoms with Gasteiger partial charge in [-0.15, -0.1) is 0 Å². The van der Waals surface area contributed by atoms with Crippen molar-refractivity contribution in [3.8, 4) is 5.75 Å². The Balaban J connectivity index is 1.93. The van der Waals surface area contributed by atoms with Gasteiger partial charge in [-0.1, -0.05) is 29.3 Å². The van der Waals surface area contributed by atoms with Crippen molar-refractivity contribution in [2.24, 2.45) is 0 Å². The molecule has 0 spiro atoms. The molecule has 0 radical (unpaired) electrons. The summed E-state index contributed by atoms with van der Waals surface area (Å²) < 4.78 is 5.38. The molecule has 0 fully saturated rings. The second kappa shape index (κ2) is 9.46. The van der Waals surface area contributed by atoms with E-state index >= 15 is 0 Å². The van der Waals surface area contributed by atoms with E-state index in [4.69, 9.17) is 27.9 Å². The molecule has 7 heteroatoms. The number of nitrogens with one attached hydrogen (secondary N) is 1. The number of carbonyl (C=O) groups is 2. The van der Waals surface area contributed by atoms with Gasteiger partial charge in [0.1, 0.15) is 10.8 Å². The van der Waals surface area contributed by atoms with Crippen LogP contribution in [0.5, 0.6) is 5.75 Å². The number of benzene rings is 2. The number of rotatable bonds is 7. The second-order valence-corrected chi connectivity index (χ2v) is 6.23. The zero-order chi connectivity index (χ0) is 19.1. The van der Waals surface area contributed by atoms with E-state index in [-0.39, 0.29) is 23.4 Å². The Bertz CT molecular complexity index is 775. The van der Waals surface area contributed by atoms with Crippen molar-refractivity contribution in [2.45, 2.75) is 13.8 Å². The van der Waals surface area contributed by atoms with Crippen molar-refractivity contribution in [3.05, 3.63) is 58.1 Å². The van der Waals surface area contributed by atoms with Gasteiger partial charge in [0.2, 0.25) is 0 Å². The molecular weight excluding hydrogens is 375 g/mol. The minimum Gasteiger partial charge on any atom is -0.482 e. The Morgan fingerprint density at radius 1 is 1.04 bits per heavy atom. The second-order valence-electron chi connectivity index (χ2n) is 5.44. The van der Waals surface area contributed by atoms with Gasteiger partial charge in [-0.2, -0.15) is 0 Å². The Kier molecular flexibility index (Phi) is 7.30. The number of hydrogen-bond donors (Lipinski definition) is 1. The lowest BCUT2D eigenvalue weighted by atomic mass is 10.2. The average molecular weight is 395 g/mol. The molecule has 0 saturated carbocycles. The Hall–Kier alpha value is -2.24. The van der Waals surface area contributed by atoms with Crippen LogP contribution in [-0.2, 0) is 4.79 Å². The van der Waals surface area contributed by atoms with Crippen LogP contribution in [0.3, 0.4) is 0 Å². The lowest BCUT2D eigenvalue weighted by Gasteiger charge is -2.18. The summed E-state index contributed by atoms with van der Waals surface area (Å²) in [5.41, 5.74) is 1.15. The summed E-state index contributed by atoms with van der Waals surface area (Å²) in [5, 5.41) is 3.33. The van der Waals surface area contributed by atoms with E-state index in [2.05, 4.69) is 5.32 Å². The van der Waals surface area contributed by atoms with E-state index in [1.54, 1.807) is 47.4 Å². The predicted octanol–water partition coefficient (Wildman–Crippen LogP) is 4.49. The van der Waals surface area contributed by atoms with Crippen LogP contribution < -0.4 is 10.1 Å². The number of carbonyl (C=O) groups excluding carboxylic acids is 2. The molecule has 1 N–H and O–H groups in total.